The molecule has 2 saturated carbocycles. The van der Waals surface area contributed by atoms with Crippen LogP contribution in [0.4, 0.5) is 0 Å². The van der Waals surface area contributed by atoms with Gasteiger partial charge in [-0.1, -0.05) is 20.4 Å². The zero-order chi connectivity index (χ0) is 16.7. The number of aliphatic hydroxyl groups is 1. The molecule has 2 aliphatic heterocycles. The van der Waals surface area contributed by atoms with Crippen LogP contribution in [-0.2, 0) is 23.8 Å². The monoisotopic (exact) mass is 322 g/mol. The van der Waals surface area contributed by atoms with Gasteiger partial charge < -0.3 is 19.3 Å². The van der Waals surface area contributed by atoms with Crippen LogP contribution in [0.2, 0.25) is 0 Å². The van der Waals surface area contributed by atoms with Gasteiger partial charge in [0.15, 0.2) is 0 Å². The lowest BCUT2D eigenvalue weighted by molar-refractivity contribution is -0.166. The van der Waals surface area contributed by atoms with Gasteiger partial charge in [0, 0.05) is 23.8 Å². The Bertz CT molecular complexity index is 600. The van der Waals surface area contributed by atoms with Gasteiger partial charge in [-0.25, -0.2) is 4.79 Å². The van der Waals surface area contributed by atoms with Crippen LogP contribution in [0.1, 0.15) is 27.2 Å². The summed E-state index contributed by atoms with van der Waals surface area (Å²) < 4.78 is 16.8. The maximum absolute atomic E-state index is 12.0. The molecular weight excluding hydrogens is 300 g/mol. The number of hydrogen-bond acceptors (Lipinski definition) is 6. The smallest absolute Gasteiger partial charge is 0.334 e. The van der Waals surface area contributed by atoms with Crippen LogP contribution in [0.5, 0.6) is 0 Å². The number of aliphatic hydroxyl groups excluding tert-OH is 1. The molecule has 1 N–H and O–H groups in total. The summed E-state index contributed by atoms with van der Waals surface area (Å²) in [6.45, 7) is 9.29. The van der Waals surface area contributed by atoms with Gasteiger partial charge in [-0.3, -0.25) is 4.79 Å². The Hall–Kier alpha value is -1.40. The van der Waals surface area contributed by atoms with Crippen LogP contribution < -0.4 is 0 Å². The number of rotatable bonds is 1. The molecule has 0 bridgehead atoms. The summed E-state index contributed by atoms with van der Waals surface area (Å²) in [4.78, 5) is 23.7. The number of hydrogen-bond donors (Lipinski definition) is 1. The molecule has 2 saturated heterocycles. The van der Waals surface area contributed by atoms with Crippen LogP contribution in [0.3, 0.4) is 0 Å². The van der Waals surface area contributed by atoms with E-state index in [4.69, 9.17) is 14.2 Å². The van der Waals surface area contributed by atoms with E-state index < -0.39 is 29.6 Å². The van der Waals surface area contributed by atoms with Crippen molar-refractivity contribution in [1.29, 1.82) is 0 Å². The van der Waals surface area contributed by atoms with E-state index in [2.05, 4.69) is 13.5 Å². The zero-order valence-corrected chi connectivity index (χ0v) is 13.5. The Morgan fingerprint density at radius 1 is 1.48 bits per heavy atom. The molecule has 9 atom stereocenters. The predicted molar refractivity (Wildman–Crippen MR) is 78.1 cm³/mol. The van der Waals surface area contributed by atoms with Crippen LogP contribution in [0.15, 0.2) is 12.2 Å². The molecule has 0 aromatic rings. The third kappa shape index (κ3) is 1.82. The van der Waals surface area contributed by atoms with Gasteiger partial charge >= 0.3 is 11.9 Å². The summed E-state index contributed by atoms with van der Waals surface area (Å²) in [6.07, 6.45) is -1.25. The first-order chi connectivity index (χ1) is 10.8. The van der Waals surface area contributed by atoms with E-state index in [1.807, 2.05) is 6.92 Å². The van der Waals surface area contributed by atoms with Crippen molar-refractivity contribution in [3.05, 3.63) is 12.2 Å². The van der Waals surface area contributed by atoms with E-state index in [-0.39, 0.29) is 36.1 Å². The quantitative estimate of drug-likeness (QED) is 0.437. The summed E-state index contributed by atoms with van der Waals surface area (Å²) >= 11 is 0. The lowest BCUT2D eigenvalue weighted by atomic mass is 9.67. The molecule has 0 amide bonds. The van der Waals surface area contributed by atoms with Crippen molar-refractivity contribution in [2.45, 2.75) is 57.7 Å². The maximum Gasteiger partial charge on any atom is 0.334 e. The average Bonchev–Trinajstić information content (AvgIpc) is 3.17. The first-order valence-electron chi connectivity index (χ1n) is 8.17. The topological polar surface area (TPSA) is 85.4 Å². The van der Waals surface area contributed by atoms with Gasteiger partial charge in [0.25, 0.3) is 0 Å². The molecule has 2 heterocycles. The Morgan fingerprint density at radius 2 is 2.17 bits per heavy atom. The van der Waals surface area contributed by atoms with Crippen molar-refractivity contribution < 1.29 is 28.9 Å². The minimum absolute atomic E-state index is 0.0623. The highest BCUT2D eigenvalue weighted by Crippen LogP contribution is 2.64. The van der Waals surface area contributed by atoms with Crippen LogP contribution in [0, 0.1) is 23.2 Å². The molecule has 4 rings (SSSR count). The first-order valence-corrected chi connectivity index (χ1v) is 8.17. The number of esters is 2. The van der Waals surface area contributed by atoms with Crippen molar-refractivity contribution >= 4 is 11.9 Å². The molecular formula is C17H22O6. The normalized spacial score (nSPS) is 53.7. The van der Waals surface area contributed by atoms with Crippen LogP contribution in [-0.4, -0.2) is 47.6 Å². The second-order valence-electron chi connectivity index (χ2n) is 7.64. The fourth-order valence-electron chi connectivity index (χ4n) is 5.45. The molecule has 23 heavy (non-hydrogen) atoms. The lowest BCUT2D eigenvalue weighted by Crippen LogP contribution is -2.50. The molecule has 0 unspecified atom stereocenters. The van der Waals surface area contributed by atoms with Gasteiger partial charge in [0.05, 0.1) is 18.1 Å². The molecule has 6 nitrogen and oxygen atoms in total. The number of fused-ring (bicyclic) bond motifs is 4. The summed E-state index contributed by atoms with van der Waals surface area (Å²) in [5.41, 5.74) is -0.195. The molecule has 4 aliphatic rings. The highest BCUT2D eigenvalue weighted by atomic mass is 16.6. The molecule has 0 radical (unpaired) electrons. The van der Waals surface area contributed by atoms with Crippen molar-refractivity contribution in [3.8, 4) is 0 Å². The molecule has 0 aromatic carbocycles. The SMILES string of the molecule is C=C1C(=O)O[C@H]2C[C@@H](C)[C@@H]3[C@H](O)[C@@H]4O[C@@H]4[C@@]3(C)[C@H](OC(C)=O)[C@H]12. The maximum atomic E-state index is 12.0. The first kappa shape index (κ1) is 15.1. The summed E-state index contributed by atoms with van der Waals surface area (Å²) in [7, 11) is 0. The summed E-state index contributed by atoms with van der Waals surface area (Å²) in [5, 5.41) is 10.6. The van der Waals surface area contributed by atoms with E-state index in [0.29, 0.717) is 12.0 Å². The van der Waals surface area contributed by atoms with E-state index >= 15 is 0 Å². The standard InChI is InChI=1S/C17H22O6/c1-6-5-9-10(7(2)16(20)22-9)14(21-8(3)18)17(4)11(6)12(19)13-15(17)23-13/h6,9-15,19H,2,5H2,1,3-4H3/t6-,9+,10-,11-,12+,13+,14-,15+,17-/m1/s1. The third-order valence-electron chi connectivity index (χ3n) is 6.33. The number of epoxide rings is 1. The van der Waals surface area contributed by atoms with Crippen molar-refractivity contribution in [1.82, 2.24) is 0 Å². The van der Waals surface area contributed by atoms with Gasteiger partial charge in [0.1, 0.15) is 18.3 Å². The van der Waals surface area contributed by atoms with E-state index in [1.54, 1.807) is 0 Å². The van der Waals surface area contributed by atoms with E-state index in [0.717, 1.165) is 0 Å². The van der Waals surface area contributed by atoms with Gasteiger partial charge in [-0.2, -0.15) is 0 Å². The molecule has 4 fully saturated rings. The van der Waals surface area contributed by atoms with Crippen molar-refractivity contribution in [2.75, 3.05) is 0 Å². The summed E-state index contributed by atoms with van der Waals surface area (Å²) in [5.74, 6) is -1.14. The minimum Gasteiger partial charge on any atom is -0.461 e. The van der Waals surface area contributed by atoms with Gasteiger partial charge in [0.2, 0.25) is 0 Å². The molecule has 126 valence electrons. The number of ether oxygens (including phenoxy) is 3. The zero-order valence-electron chi connectivity index (χ0n) is 13.5. The van der Waals surface area contributed by atoms with Crippen LogP contribution >= 0.6 is 0 Å². The number of carbonyl (C=O) groups is 2. The molecule has 0 aromatic heterocycles. The summed E-state index contributed by atoms with van der Waals surface area (Å²) in [6, 6.07) is 0. The lowest BCUT2D eigenvalue weighted by Gasteiger charge is -2.42. The second kappa shape index (κ2) is 4.57. The van der Waals surface area contributed by atoms with Crippen LogP contribution in [0.25, 0.3) is 0 Å². The van der Waals surface area contributed by atoms with E-state index in [9.17, 15) is 14.7 Å². The fourth-order valence-corrected chi connectivity index (χ4v) is 5.45. The number of carbonyl (C=O) groups excluding carboxylic acids is 2. The molecule has 0 spiro atoms. The van der Waals surface area contributed by atoms with Crippen molar-refractivity contribution in [3.63, 3.8) is 0 Å². The fraction of sp³-hybridized carbons (Fsp3) is 0.765. The average molecular weight is 322 g/mol. The second-order valence-corrected chi connectivity index (χ2v) is 7.64. The highest BCUT2D eigenvalue weighted by Gasteiger charge is 2.75. The minimum atomic E-state index is -0.583. The Kier molecular flexibility index (Phi) is 3.01. The third-order valence-corrected chi connectivity index (χ3v) is 6.33. The largest absolute Gasteiger partial charge is 0.461 e. The molecule has 2 aliphatic carbocycles. The Morgan fingerprint density at radius 3 is 2.83 bits per heavy atom. The van der Waals surface area contributed by atoms with Crippen molar-refractivity contribution in [2.24, 2.45) is 23.2 Å². The predicted octanol–water partition coefficient (Wildman–Crippen LogP) is 0.820. The van der Waals surface area contributed by atoms with Gasteiger partial charge in [-0.15, -0.1) is 0 Å². The van der Waals surface area contributed by atoms with Gasteiger partial charge in [-0.05, 0) is 12.3 Å². The Labute approximate surface area is 134 Å². The molecule has 6 heteroatoms. The van der Waals surface area contributed by atoms with E-state index in [1.165, 1.54) is 6.92 Å². The highest BCUT2D eigenvalue weighted by molar-refractivity contribution is 5.91. The Balaban J connectivity index is 1.83.